The molecule has 0 saturated carbocycles. The Hall–Kier alpha value is -1.28. The Labute approximate surface area is 124 Å². The van der Waals surface area contributed by atoms with E-state index in [1.54, 1.807) is 6.07 Å². The maximum atomic E-state index is 12.8. The van der Waals surface area contributed by atoms with Gasteiger partial charge in [0.15, 0.2) is 5.82 Å². The molecule has 1 aromatic carbocycles. The Bertz CT molecular complexity index is 579. The van der Waals surface area contributed by atoms with Crippen LogP contribution in [-0.2, 0) is 0 Å². The van der Waals surface area contributed by atoms with Gasteiger partial charge in [0.2, 0.25) is 0 Å². The van der Waals surface area contributed by atoms with Gasteiger partial charge in [0.25, 0.3) is 0 Å². The van der Waals surface area contributed by atoms with Crippen LogP contribution in [0.2, 0.25) is 5.02 Å². The average molecular weight is 325 g/mol. The first-order chi connectivity index (χ1) is 9.04. The number of halogens is 4. The summed E-state index contributed by atoms with van der Waals surface area (Å²) in [5.41, 5.74) is 6.55. The Morgan fingerprint density at radius 3 is 2.70 bits per heavy atom. The van der Waals surface area contributed by atoms with E-state index in [4.69, 9.17) is 22.4 Å². The standard InChI is InChI=1S/C11H11ClF2N4O.ClH/c12-8-2-1-6(9(15)4-19)3-7(8)10-16-5-17-18(10)11(13)14;/h1-3,5,9,11,19H,4,15H2;1H/t9-;/m1./s1. The van der Waals surface area contributed by atoms with E-state index < -0.39 is 12.6 Å². The molecule has 3 N–H and O–H groups in total. The number of aliphatic hydroxyl groups is 1. The van der Waals surface area contributed by atoms with Crippen molar-refractivity contribution in [2.75, 3.05) is 6.61 Å². The molecule has 0 fully saturated rings. The van der Waals surface area contributed by atoms with Gasteiger partial charge in [-0.25, -0.2) is 4.98 Å². The van der Waals surface area contributed by atoms with E-state index in [0.717, 1.165) is 6.33 Å². The van der Waals surface area contributed by atoms with Crippen LogP contribution in [0.4, 0.5) is 8.78 Å². The van der Waals surface area contributed by atoms with Crippen molar-refractivity contribution in [3.8, 4) is 11.4 Å². The molecule has 0 aliphatic rings. The SMILES string of the molecule is Cl.N[C@H](CO)c1ccc(Cl)c(-c2ncnn2C(F)F)c1. The van der Waals surface area contributed by atoms with Gasteiger partial charge in [-0.2, -0.15) is 18.6 Å². The molecule has 0 radical (unpaired) electrons. The fourth-order valence-electron chi connectivity index (χ4n) is 1.64. The van der Waals surface area contributed by atoms with Gasteiger partial charge in [0.05, 0.1) is 17.7 Å². The predicted molar refractivity (Wildman–Crippen MR) is 73.0 cm³/mol. The van der Waals surface area contributed by atoms with Gasteiger partial charge in [-0.3, -0.25) is 0 Å². The molecule has 0 bridgehead atoms. The molecule has 2 rings (SSSR count). The monoisotopic (exact) mass is 324 g/mol. The minimum atomic E-state index is -2.82. The second-order valence-electron chi connectivity index (χ2n) is 3.83. The summed E-state index contributed by atoms with van der Waals surface area (Å²) >= 11 is 5.98. The highest BCUT2D eigenvalue weighted by molar-refractivity contribution is 6.33. The second-order valence-corrected chi connectivity index (χ2v) is 4.24. The minimum absolute atomic E-state index is 0. The predicted octanol–water partition coefficient (Wildman–Crippen LogP) is 2.41. The van der Waals surface area contributed by atoms with Crippen molar-refractivity contribution in [3.63, 3.8) is 0 Å². The Kier molecular flexibility index (Phi) is 5.82. The number of nitrogens with zero attached hydrogens (tertiary/aromatic N) is 3. The molecule has 0 spiro atoms. The molecule has 1 aromatic heterocycles. The second kappa shape index (κ2) is 6.94. The zero-order chi connectivity index (χ0) is 14.0. The molecule has 1 atom stereocenters. The third kappa shape index (κ3) is 3.24. The number of aromatic nitrogens is 3. The third-order valence-electron chi connectivity index (χ3n) is 2.61. The zero-order valence-corrected chi connectivity index (χ0v) is 11.7. The van der Waals surface area contributed by atoms with Crippen LogP contribution in [0, 0.1) is 0 Å². The Morgan fingerprint density at radius 2 is 2.10 bits per heavy atom. The van der Waals surface area contributed by atoms with Crippen molar-refractivity contribution < 1.29 is 13.9 Å². The quantitative estimate of drug-likeness (QED) is 0.905. The Balaban J connectivity index is 0.00000200. The van der Waals surface area contributed by atoms with E-state index in [-0.39, 0.29) is 29.9 Å². The number of rotatable bonds is 4. The van der Waals surface area contributed by atoms with E-state index in [1.807, 2.05) is 0 Å². The van der Waals surface area contributed by atoms with Crippen LogP contribution in [0.25, 0.3) is 11.4 Å². The number of alkyl halides is 2. The van der Waals surface area contributed by atoms with Crippen molar-refractivity contribution >= 4 is 24.0 Å². The van der Waals surface area contributed by atoms with Gasteiger partial charge in [-0.1, -0.05) is 17.7 Å². The summed E-state index contributed by atoms with van der Waals surface area (Å²) in [5.74, 6) is -0.0491. The molecular weight excluding hydrogens is 313 g/mol. The highest BCUT2D eigenvalue weighted by Crippen LogP contribution is 2.30. The molecule has 20 heavy (non-hydrogen) atoms. The average Bonchev–Trinajstić information content (AvgIpc) is 2.87. The van der Waals surface area contributed by atoms with Gasteiger partial charge >= 0.3 is 6.55 Å². The molecular formula is C11H12Cl2F2N4O. The van der Waals surface area contributed by atoms with E-state index in [0.29, 0.717) is 15.8 Å². The fourth-order valence-corrected chi connectivity index (χ4v) is 1.84. The fraction of sp³-hybridized carbons (Fsp3) is 0.273. The molecule has 0 amide bonds. The van der Waals surface area contributed by atoms with E-state index >= 15 is 0 Å². The van der Waals surface area contributed by atoms with Crippen molar-refractivity contribution in [2.24, 2.45) is 5.73 Å². The highest BCUT2D eigenvalue weighted by Gasteiger charge is 2.18. The van der Waals surface area contributed by atoms with Gasteiger partial charge in [0, 0.05) is 5.56 Å². The Morgan fingerprint density at radius 1 is 1.40 bits per heavy atom. The van der Waals surface area contributed by atoms with Crippen molar-refractivity contribution in [1.29, 1.82) is 0 Å². The molecule has 9 heteroatoms. The van der Waals surface area contributed by atoms with Crippen molar-refractivity contribution in [3.05, 3.63) is 35.1 Å². The normalized spacial score (nSPS) is 12.3. The summed E-state index contributed by atoms with van der Waals surface area (Å²) in [5, 5.41) is 12.7. The topological polar surface area (TPSA) is 77.0 Å². The third-order valence-corrected chi connectivity index (χ3v) is 2.94. The maximum Gasteiger partial charge on any atom is 0.335 e. The highest BCUT2D eigenvalue weighted by atomic mass is 35.5. The summed E-state index contributed by atoms with van der Waals surface area (Å²) in [6.45, 7) is -3.08. The van der Waals surface area contributed by atoms with Crippen LogP contribution in [0.5, 0.6) is 0 Å². The molecule has 0 unspecified atom stereocenters. The van der Waals surface area contributed by atoms with Crippen LogP contribution >= 0.6 is 24.0 Å². The molecule has 1 heterocycles. The minimum Gasteiger partial charge on any atom is -0.394 e. The first-order valence-corrected chi connectivity index (χ1v) is 5.76. The van der Waals surface area contributed by atoms with Gasteiger partial charge < -0.3 is 10.8 Å². The lowest BCUT2D eigenvalue weighted by Crippen LogP contribution is -2.14. The van der Waals surface area contributed by atoms with Crippen LogP contribution in [0.15, 0.2) is 24.5 Å². The molecule has 0 saturated heterocycles. The number of nitrogens with two attached hydrogens (primary N) is 1. The number of aliphatic hydroxyl groups excluding tert-OH is 1. The van der Waals surface area contributed by atoms with Crippen molar-refractivity contribution in [2.45, 2.75) is 12.6 Å². The van der Waals surface area contributed by atoms with Crippen molar-refractivity contribution in [1.82, 2.24) is 14.8 Å². The van der Waals surface area contributed by atoms with Crippen LogP contribution < -0.4 is 5.73 Å². The molecule has 110 valence electrons. The summed E-state index contributed by atoms with van der Waals surface area (Å²) < 4.78 is 26.0. The summed E-state index contributed by atoms with van der Waals surface area (Å²) in [6, 6.07) is 4.05. The largest absolute Gasteiger partial charge is 0.394 e. The lowest BCUT2D eigenvalue weighted by molar-refractivity contribution is 0.0582. The first-order valence-electron chi connectivity index (χ1n) is 5.38. The van der Waals surface area contributed by atoms with Crippen LogP contribution in [0.3, 0.4) is 0 Å². The lowest BCUT2D eigenvalue weighted by atomic mass is 10.0. The molecule has 0 aliphatic heterocycles. The van der Waals surface area contributed by atoms with Crippen LogP contribution in [-0.4, -0.2) is 26.5 Å². The lowest BCUT2D eigenvalue weighted by Gasteiger charge is -2.12. The van der Waals surface area contributed by atoms with Crippen LogP contribution in [0.1, 0.15) is 18.2 Å². The summed E-state index contributed by atoms with van der Waals surface area (Å²) in [7, 11) is 0. The van der Waals surface area contributed by atoms with Gasteiger partial charge in [-0.15, -0.1) is 12.4 Å². The number of hydrogen-bond acceptors (Lipinski definition) is 4. The van der Waals surface area contributed by atoms with E-state index in [9.17, 15) is 8.78 Å². The van der Waals surface area contributed by atoms with Gasteiger partial charge in [-0.05, 0) is 17.7 Å². The number of benzene rings is 1. The maximum absolute atomic E-state index is 12.8. The summed E-state index contributed by atoms with van der Waals surface area (Å²) in [6.07, 6.45) is 1.02. The van der Waals surface area contributed by atoms with Gasteiger partial charge in [0.1, 0.15) is 6.33 Å². The molecule has 5 nitrogen and oxygen atoms in total. The first kappa shape index (κ1) is 16.8. The number of hydrogen-bond donors (Lipinski definition) is 2. The molecule has 2 aromatic rings. The van der Waals surface area contributed by atoms with E-state index in [1.165, 1.54) is 12.1 Å². The van der Waals surface area contributed by atoms with E-state index in [2.05, 4.69) is 10.1 Å². The smallest absolute Gasteiger partial charge is 0.335 e. The zero-order valence-electron chi connectivity index (χ0n) is 10.1. The molecule has 0 aliphatic carbocycles. The summed E-state index contributed by atoms with van der Waals surface area (Å²) in [4.78, 5) is 3.78.